The van der Waals surface area contributed by atoms with Gasteiger partial charge in [-0.3, -0.25) is 0 Å². The van der Waals surface area contributed by atoms with E-state index in [0.29, 0.717) is 12.0 Å². The lowest BCUT2D eigenvalue weighted by Crippen LogP contribution is -2.57. The third-order valence-corrected chi connectivity index (χ3v) is 5.37. The Morgan fingerprint density at radius 1 is 1.39 bits per heavy atom. The summed E-state index contributed by atoms with van der Waals surface area (Å²) < 4.78 is 5.39. The van der Waals surface area contributed by atoms with E-state index in [1.54, 1.807) is 0 Å². The summed E-state index contributed by atoms with van der Waals surface area (Å²) in [5.74, 6) is -0.327. The number of esters is 1. The highest BCUT2D eigenvalue weighted by molar-refractivity contribution is 5.91. The number of rotatable bonds is 0. The van der Waals surface area contributed by atoms with Crippen LogP contribution < -0.4 is 0 Å². The summed E-state index contributed by atoms with van der Waals surface area (Å²) in [5, 5.41) is 11.1. The Labute approximate surface area is 108 Å². The second kappa shape index (κ2) is 3.47. The van der Waals surface area contributed by atoms with E-state index >= 15 is 0 Å². The van der Waals surface area contributed by atoms with Crippen molar-refractivity contribution in [3.63, 3.8) is 0 Å². The Balaban J connectivity index is 2.00. The van der Waals surface area contributed by atoms with Gasteiger partial charge in [0.05, 0.1) is 5.60 Å². The minimum absolute atomic E-state index is 0.0366. The number of ether oxygens (including phenoxy) is 1. The van der Waals surface area contributed by atoms with Gasteiger partial charge in [0.2, 0.25) is 0 Å². The number of carbonyl (C=O) groups is 1. The molecule has 3 nitrogen and oxygen atoms in total. The molecule has 1 heterocycles. The molecule has 2 aliphatic carbocycles. The van der Waals surface area contributed by atoms with E-state index in [4.69, 9.17) is 4.74 Å². The summed E-state index contributed by atoms with van der Waals surface area (Å²) in [4.78, 5) is 11.6. The van der Waals surface area contributed by atoms with Gasteiger partial charge < -0.3 is 9.84 Å². The van der Waals surface area contributed by atoms with Gasteiger partial charge in [0.15, 0.2) is 0 Å². The van der Waals surface area contributed by atoms with E-state index in [2.05, 4.69) is 20.1 Å². The number of hydrogen-bond donors (Lipinski definition) is 1. The van der Waals surface area contributed by atoms with Crippen LogP contribution in [0.25, 0.3) is 0 Å². The maximum atomic E-state index is 11.6. The van der Waals surface area contributed by atoms with Gasteiger partial charge >= 0.3 is 5.97 Å². The molecule has 18 heavy (non-hydrogen) atoms. The predicted octanol–water partition coefficient (Wildman–Crippen LogP) is 2.36. The van der Waals surface area contributed by atoms with Crippen LogP contribution in [0.3, 0.4) is 0 Å². The first-order valence-corrected chi connectivity index (χ1v) is 6.68. The standard InChI is InChI=1S/C15H20O3/c1-9-5-4-6-14(3)8-12-11(7-15(9,14)17)10(2)13(16)18-12/h11-12,17H,1-2,4-8H2,3H3/t11-,12+,14-,15+/m0/s1. The van der Waals surface area contributed by atoms with Crippen LogP contribution in [-0.4, -0.2) is 22.8 Å². The average Bonchev–Trinajstić information content (AvgIpc) is 2.55. The van der Waals surface area contributed by atoms with E-state index in [9.17, 15) is 9.90 Å². The van der Waals surface area contributed by atoms with Crippen molar-refractivity contribution >= 4 is 5.97 Å². The molecule has 0 amide bonds. The number of fused-ring (bicyclic) bond motifs is 2. The summed E-state index contributed by atoms with van der Waals surface area (Å²) in [7, 11) is 0. The molecule has 98 valence electrons. The second-order valence-corrected chi connectivity index (χ2v) is 6.36. The van der Waals surface area contributed by atoms with Crippen LogP contribution in [-0.2, 0) is 9.53 Å². The monoisotopic (exact) mass is 248 g/mol. The van der Waals surface area contributed by atoms with Crippen molar-refractivity contribution in [2.24, 2.45) is 11.3 Å². The highest BCUT2D eigenvalue weighted by Gasteiger charge is 2.60. The third kappa shape index (κ3) is 1.31. The molecule has 0 aromatic carbocycles. The van der Waals surface area contributed by atoms with Crippen molar-refractivity contribution in [1.82, 2.24) is 0 Å². The SMILES string of the molecule is C=C1C(=O)O[C@@H]2C[C@]3(C)CCCC(=C)[C@]3(O)C[C@@H]12. The van der Waals surface area contributed by atoms with Crippen LogP contribution in [0.2, 0.25) is 0 Å². The molecule has 3 heteroatoms. The molecule has 0 spiro atoms. The Morgan fingerprint density at radius 2 is 2.11 bits per heavy atom. The molecule has 1 saturated heterocycles. The quantitative estimate of drug-likeness (QED) is 0.406. The fourth-order valence-corrected chi connectivity index (χ4v) is 4.07. The van der Waals surface area contributed by atoms with E-state index in [1.807, 2.05) is 0 Å². The van der Waals surface area contributed by atoms with Crippen molar-refractivity contribution in [2.75, 3.05) is 0 Å². The number of hydrogen-bond acceptors (Lipinski definition) is 3. The van der Waals surface area contributed by atoms with E-state index in [1.165, 1.54) is 0 Å². The molecule has 1 aliphatic heterocycles. The molecule has 0 unspecified atom stereocenters. The topological polar surface area (TPSA) is 46.5 Å². The molecule has 1 N–H and O–H groups in total. The average molecular weight is 248 g/mol. The van der Waals surface area contributed by atoms with Gasteiger partial charge in [-0.1, -0.05) is 20.1 Å². The molecule has 3 aliphatic rings. The smallest absolute Gasteiger partial charge is 0.334 e. The normalized spacial score (nSPS) is 47.6. The van der Waals surface area contributed by atoms with E-state index in [-0.39, 0.29) is 23.4 Å². The van der Waals surface area contributed by atoms with Crippen LogP contribution in [0.15, 0.2) is 24.3 Å². The minimum Gasteiger partial charge on any atom is -0.458 e. The van der Waals surface area contributed by atoms with Crippen molar-refractivity contribution in [1.29, 1.82) is 0 Å². The molecule has 3 rings (SSSR count). The lowest BCUT2D eigenvalue weighted by atomic mass is 9.53. The Morgan fingerprint density at radius 3 is 2.83 bits per heavy atom. The van der Waals surface area contributed by atoms with Crippen LogP contribution in [0.5, 0.6) is 0 Å². The van der Waals surface area contributed by atoms with Crippen LogP contribution in [0, 0.1) is 11.3 Å². The van der Waals surface area contributed by atoms with Crippen LogP contribution in [0.4, 0.5) is 0 Å². The first-order chi connectivity index (χ1) is 8.37. The van der Waals surface area contributed by atoms with Gasteiger partial charge in [0, 0.05) is 16.9 Å². The van der Waals surface area contributed by atoms with Crippen molar-refractivity contribution in [3.05, 3.63) is 24.3 Å². The first-order valence-electron chi connectivity index (χ1n) is 6.68. The zero-order chi connectivity index (χ0) is 13.1. The largest absolute Gasteiger partial charge is 0.458 e. The third-order valence-electron chi connectivity index (χ3n) is 5.37. The molecule has 2 saturated carbocycles. The lowest BCUT2D eigenvalue weighted by molar-refractivity contribution is -0.155. The Bertz CT molecular complexity index is 453. The van der Waals surface area contributed by atoms with E-state index < -0.39 is 5.60 Å². The van der Waals surface area contributed by atoms with Crippen molar-refractivity contribution in [3.8, 4) is 0 Å². The second-order valence-electron chi connectivity index (χ2n) is 6.36. The number of carbonyl (C=O) groups excluding carboxylic acids is 1. The summed E-state index contributed by atoms with van der Waals surface area (Å²) in [6, 6.07) is 0. The van der Waals surface area contributed by atoms with Gasteiger partial charge in [-0.25, -0.2) is 4.79 Å². The Hall–Kier alpha value is -1.09. The first kappa shape index (κ1) is 12.0. The summed E-state index contributed by atoms with van der Waals surface area (Å²) in [5.41, 5.74) is 0.369. The van der Waals surface area contributed by atoms with Crippen molar-refractivity contribution in [2.45, 2.75) is 50.7 Å². The van der Waals surface area contributed by atoms with Gasteiger partial charge in [0.1, 0.15) is 6.10 Å². The fourth-order valence-electron chi connectivity index (χ4n) is 4.07. The predicted molar refractivity (Wildman–Crippen MR) is 67.8 cm³/mol. The van der Waals surface area contributed by atoms with Gasteiger partial charge in [-0.15, -0.1) is 0 Å². The van der Waals surface area contributed by atoms with Gasteiger partial charge in [0.25, 0.3) is 0 Å². The lowest BCUT2D eigenvalue weighted by Gasteiger charge is -2.55. The highest BCUT2D eigenvalue weighted by Crippen LogP contribution is 2.58. The molecule has 4 atom stereocenters. The molecular formula is C15H20O3. The molecular weight excluding hydrogens is 228 g/mol. The van der Waals surface area contributed by atoms with E-state index in [0.717, 1.165) is 31.3 Å². The Kier molecular flexibility index (Phi) is 2.31. The molecule has 0 bridgehead atoms. The maximum Gasteiger partial charge on any atom is 0.334 e. The molecule has 0 radical (unpaired) electrons. The fraction of sp³-hybridized carbons (Fsp3) is 0.667. The highest BCUT2D eigenvalue weighted by atomic mass is 16.6. The summed E-state index contributed by atoms with van der Waals surface area (Å²) >= 11 is 0. The zero-order valence-electron chi connectivity index (χ0n) is 10.9. The van der Waals surface area contributed by atoms with Gasteiger partial charge in [-0.2, -0.15) is 0 Å². The minimum atomic E-state index is -0.858. The molecule has 0 aromatic heterocycles. The van der Waals surface area contributed by atoms with Gasteiger partial charge in [-0.05, 0) is 37.7 Å². The summed E-state index contributed by atoms with van der Waals surface area (Å²) in [6.07, 6.45) is 4.07. The van der Waals surface area contributed by atoms with Crippen LogP contribution >= 0.6 is 0 Å². The van der Waals surface area contributed by atoms with Crippen LogP contribution in [0.1, 0.15) is 39.0 Å². The summed E-state index contributed by atoms with van der Waals surface area (Å²) in [6.45, 7) is 9.99. The molecule has 0 aromatic rings. The molecule has 3 fully saturated rings. The number of aliphatic hydroxyl groups is 1. The van der Waals surface area contributed by atoms with Crippen molar-refractivity contribution < 1.29 is 14.6 Å². The maximum absolute atomic E-state index is 11.6. The zero-order valence-corrected chi connectivity index (χ0v) is 10.9.